The number of hydrogen-bond donors (Lipinski definition) is 2. The minimum atomic E-state index is -0.728. The number of ether oxygens (including phenoxy) is 1. The van der Waals surface area contributed by atoms with E-state index >= 15 is 0 Å². The number of nitrogens with zero attached hydrogens (tertiary/aromatic N) is 4. The van der Waals surface area contributed by atoms with E-state index in [-0.39, 0.29) is 0 Å². The summed E-state index contributed by atoms with van der Waals surface area (Å²) in [6.45, 7) is 3.36. The van der Waals surface area contributed by atoms with Crippen LogP contribution in [0.1, 0.15) is 38.4 Å². The monoisotopic (exact) mass is 419 g/mol. The van der Waals surface area contributed by atoms with Gasteiger partial charge in [-0.15, -0.1) is 0 Å². The van der Waals surface area contributed by atoms with Crippen molar-refractivity contribution in [3.05, 3.63) is 22.6 Å². The molecule has 8 heteroatoms. The van der Waals surface area contributed by atoms with Crippen molar-refractivity contribution in [2.24, 2.45) is 0 Å². The van der Waals surface area contributed by atoms with Crippen LogP contribution in [-0.4, -0.2) is 36.8 Å². The smallest absolute Gasteiger partial charge is 0.152 e. The van der Waals surface area contributed by atoms with E-state index in [0.717, 1.165) is 47.0 Å². The molecular weight excluding hydrogens is 398 g/mol. The second-order valence-electron chi connectivity index (χ2n) is 6.90. The summed E-state index contributed by atoms with van der Waals surface area (Å²) in [5.74, 6) is 1.11. The number of imidazole rings is 1. The molecule has 4 rings (SSSR count). The highest BCUT2D eigenvalue weighted by molar-refractivity contribution is 9.10. The van der Waals surface area contributed by atoms with E-state index in [1.54, 1.807) is 6.20 Å². The van der Waals surface area contributed by atoms with Gasteiger partial charge in [0.25, 0.3) is 0 Å². The van der Waals surface area contributed by atoms with Crippen molar-refractivity contribution in [3.8, 4) is 0 Å². The molecule has 26 heavy (non-hydrogen) atoms. The second kappa shape index (κ2) is 6.75. The first-order valence-corrected chi connectivity index (χ1v) is 9.70. The number of hydrogen-bond acceptors (Lipinski definition) is 6. The van der Waals surface area contributed by atoms with E-state index in [1.807, 2.05) is 17.6 Å². The third-order valence-corrected chi connectivity index (χ3v) is 5.44. The van der Waals surface area contributed by atoms with E-state index in [4.69, 9.17) is 10.5 Å². The zero-order valence-corrected chi connectivity index (χ0v) is 16.3. The van der Waals surface area contributed by atoms with Gasteiger partial charge in [-0.05, 0) is 41.8 Å². The van der Waals surface area contributed by atoms with Gasteiger partial charge in [0.1, 0.15) is 29.0 Å². The minimum Gasteiger partial charge on any atom is -0.388 e. The van der Waals surface area contributed by atoms with E-state index in [1.165, 1.54) is 0 Å². The van der Waals surface area contributed by atoms with Crippen LogP contribution >= 0.6 is 15.9 Å². The number of nitrogens with two attached hydrogens (primary N) is 1. The average molecular weight is 420 g/mol. The minimum absolute atomic E-state index is 0.360. The van der Waals surface area contributed by atoms with Crippen molar-refractivity contribution in [1.82, 2.24) is 19.5 Å². The molecule has 3 heterocycles. The molecule has 0 unspecified atom stereocenters. The Balaban J connectivity index is 1.96. The van der Waals surface area contributed by atoms with Crippen LogP contribution in [0.3, 0.4) is 0 Å². The van der Waals surface area contributed by atoms with Gasteiger partial charge < -0.3 is 20.1 Å². The summed E-state index contributed by atoms with van der Waals surface area (Å²) in [5, 5.41) is 11.0. The molecule has 3 aromatic heterocycles. The summed E-state index contributed by atoms with van der Waals surface area (Å²) in [6.07, 6.45) is 5.40. The Morgan fingerprint density at radius 3 is 2.81 bits per heavy atom. The molecule has 0 aromatic carbocycles. The Hall–Kier alpha value is -1.77. The lowest BCUT2D eigenvalue weighted by molar-refractivity contribution is 0.0281. The van der Waals surface area contributed by atoms with Crippen LogP contribution in [0.5, 0.6) is 0 Å². The number of halogens is 1. The van der Waals surface area contributed by atoms with Crippen LogP contribution < -0.4 is 5.73 Å². The Morgan fingerprint density at radius 1 is 1.31 bits per heavy atom. The molecule has 0 bridgehead atoms. The maximum absolute atomic E-state index is 11.0. The van der Waals surface area contributed by atoms with Gasteiger partial charge >= 0.3 is 0 Å². The highest BCUT2D eigenvalue weighted by Gasteiger charge is 2.33. The fraction of sp³-hybridized carbons (Fsp3) is 0.500. The molecule has 0 saturated heterocycles. The first kappa shape index (κ1) is 17.6. The predicted molar refractivity (Wildman–Crippen MR) is 104 cm³/mol. The molecule has 0 spiro atoms. The highest BCUT2D eigenvalue weighted by Crippen LogP contribution is 2.35. The van der Waals surface area contributed by atoms with Crippen LogP contribution in [0.25, 0.3) is 22.1 Å². The lowest BCUT2D eigenvalue weighted by Crippen LogP contribution is -2.31. The summed E-state index contributed by atoms with van der Waals surface area (Å²) in [5.41, 5.74) is 8.32. The summed E-state index contributed by atoms with van der Waals surface area (Å²) >= 11 is 3.43. The van der Waals surface area contributed by atoms with Crippen LogP contribution in [0.2, 0.25) is 0 Å². The van der Waals surface area contributed by atoms with Gasteiger partial charge in [-0.2, -0.15) is 0 Å². The van der Waals surface area contributed by atoms with Crippen molar-refractivity contribution < 1.29 is 9.84 Å². The zero-order valence-electron chi connectivity index (χ0n) is 14.7. The number of aliphatic hydroxyl groups is 1. The van der Waals surface area contributed by atoms with E-state index < -0.39 is 5.60 Å². The second-order valence-corrected chi connectivity index (χ2v) is 7.81. The largest absolute Gasteiger partial charge is 0.388 e. The SMILES string of the molecule is CCOCc1nc2c(N)nc3cc(Br)cnc3c2n1CC1(O)CCCC1. The normalized spacial score (nSPS) is 16.7. The van der Waals surface area contributed by atoms with Crippen molar-refractivity contribution in [2.45, 2.75) is 51.4 Å². The molecule has 0 atom stereocenters. The number of fused-ring (bicyclic) bond motifs is 3. The Bertz CT molecular complexity index is 965. The van der Waals surface area contributed by atoms with Gasteiger partial charge in [-0.1, -0.05) is 12.8 Å². The maximum Gasteiger partial charge on any atom is 0.152 e. The number of nitrogen functional groups attached to an aromatic ring is 1. The quantitative estimate of drug-likeness (QED) is 0.658. The van der Waals surface area contributed by atoms with E-state index in [9.17, 15) is 5.11 Å². The molecule has 7 nitrogen and oxygen atoms in total. The van der Waals surface area contributed by atoms with Gasteiger partial charge in [0.2, 0.25) is 0 Å². The van der Waals surface area contributed by atoms with Crippen molar-refractivity contribution >= 4 is 43.8 Å². The number of pyridine rings is 2. The first-order valence-electron chi connectivity index (χ1n) is 8.91. The summed E-state index contributed by atoms with van der Waals surface area (Å²) in [6, 6.07) is 1.89. The molecule has 1 aliphatic rings. The number of rotatable bonds is 5. The van der Waals surface area contributed by atoms with Gasteiger partial charge in [-0.25, -0.2) is 9.97 Å². The van der Waals surface area contributed by atoms with E-state index in [0.29, 0.717) is 36.6 Å². The van der Waals surface area contributed by atoms with Crippen molar-refractivity contribution in [2.75, 3.05) is 12.3 Å². The van der Waals surface area contributed by atoms with Crippen LogP contribution in [0.15, 0.2) is 16.7 Å². The predicted octanol–water partition coefficient (Wildman–Crippen LogP) is 3.17. The summed E-state index contributed by atoms with van der Waals surface area (Å²) in [4.78, 5) is 13.7. The molecule has 1 fully saturated rings. The molecule has 3 N–H and O–H groups in total. The number of aromatic nitrogens is 4. The lowest BCUT2D eigenvalue weighted by Gasteiger charge is -2.24. The topological polar surface area (TPSA) is 99.1 Å². The Kier molecular flexibility index (Phi) is 4.58. The maximum atomic E-state index is 11.0. The molecule has 1 aliphatic carbocycles. The van der Waals surface area contributed by atoms with Crippen LogP contribution in [-0.2, 0) is 17.9 Å². The third-order valence-electron chi connectivity index (χ3n) is 5.01. The highest BCUT2D eigenvalue weighted by atomic mass is 79.9. The molecule has 0 aliphatic heterocycles. The summed E-state index contributed by atoms with van der Waals surface area (Å²) < 4.78 is 8.47. The fourth-order valence-corrected chi connectivity index (χ4v) is 4.08. The Labute approximate surface area is 159 Å². The lowest BCUT2D eigenvalue weighted by atomic mass is 10.0. The zero-order chi connectivity index (χ0) is 18.3. The third kappa shape index (κ3) is 3.06. The summed E-state index contributed by atoms with van der Waals surface area (Å²) in [7, 11) is 0. The molecule has 138 valence electrons. The van der Waals surface area contributed by atoms with Crippen LogP contribution in [0, 0.1) is 0 Å². The number of anilines is 1. The van der Waals surface area contributed by atoms with Crippen LogP contribution in [0.4, 0.5) is 5.82 Å². The molecular formula is C18H22BrN5O2. The van der Waals surface area contributed by atoms with Crippen molar-refractivity contribution in [3.63, 3.8) is 0 Å². The van der Waals surface area contributed by atoms with E-state index in [2.05, 4.69) is 30.9 Å². The average Bonchev–Trinajstić information content (AvgIpc) is 3.18. The Morgan fingerprint density at radius 2 is 2.08 bits per heavy atom. The molecule has 3 aromatic rings. The van der Waals surface area contributed by atoms with Gasteiger partial charge in [-0.3, -0.25) is 4.98 Å². The van der Waals surface area contributed by atoms with Crippen molar-refractivity contribution in [1.29, 1.82) is 0 Å². The van der Waals surface area contributed by atoms with Gasteiger partial charge in [0.05, 0.1) is 17.7 Å². The first-order chi connectivity index (χ1) is 12.5. The molecule has 0 radical (unpaired) electrons. The van der Waals surface area contributed by atoms with Gasteiger partial charge in [0.15, 0.2) is 5.82 Å². The molecule has 0 amide bonds. The van der Waals surface area contributed by atoms with Gasteiger partial charge in [0, 0.05) is 17.3 Å². The molecule has 1 saturated carbocycles. The fourth-order valence-electron chi connectivity index (χ4n) is 3.76. The standard InChI is InChI=1S/C18H22BrN5O2/c1-2-26-9-13-23-15-16(24(13)10-18(25)5-3-4-6-18)14-12(22-17(15)20)7-11(19)8-21-14/h7-8,25H,2-6,9-10H2,1H3,(H2,20,22).